The van der Waals surface area contributed by atoms with Gasteiger partial charge >= 0.3 is 0 Å². The van der Waals surface area contributed by atoms with E-state index in [0.29, 0.717) is 0 Å². The maximum Gasteiger partial charge on any atom is 0.0858 e. The minimum Gasteiger partial charge on any atom is -0.388 e. The van der Waals surface area contributed by atoms with E-state index in [0.717, 1.165) is 0 Å². The van der Waals surface area contributed by atoms with Crippen molar-refractivity contribution in [3.05, 3.63) is 12.2 Å². The van der Waals surface area contributed by atoms with Gasteiger partial charge in [0, 0.05) is 0 Å². The van der Waals surface area contributed by atoms with Gasteiger partial charge in [0.25, 0.3) is 0 Å². The van der Waals surface area contributed by atoms with Crippen LogP contribution in [0.4, 0.5) is 0 Å². The summed E-state index contributed by atoms with van der Waals surface area (Å²) in [6.07, 6.45) is 2.16. The molecule has 4 heteroatoms. The first kappa shape index (κ1) is 8.71. The third kappa shape index (κ3) is 1.61. The lowest BCUT2D eigenvalue weighted by atomic mass is 10.0. The summed E-state index contributed by atoms with van der Waals surface area (Å²) in [6.45, 7) is 0. The lowest BCUT2D eigenvalue weighted by molar-refractivity contribution is 0.161. The SMILES string of the molecule is O[C@@H]1C=C[C@@H](O)[C@@H](Br)[C@@H]1Br. The molecule has 0 fully saturated rings. The van der Waals surface area contributed by atoms with E-state index in [1.165, 1.54) is 0 Å². The van der Waals surface area contributed by atoms with Gasteiger partial charge in [-0.3, -0.25) is 0 Å². The summed E-state index contributed by atoms with van der Waals surface area (Å²) < 4.78 is 0. The second-order valence-electron chi connectivity index (χ2n) is 2.25. The molecule has 0 aromatic heterocycles. The fourth-order valence-corrected chi connectivity index (χ4v) is 1.79. The molecule has 1 aliphatic carbocycles. The van der Waals surface area contributed by atoms with Crippen LogP contribution in [0.25, 0.3) is 0 Å². The first-order chi connectivity index (χ1) is 4.63. The summed E-state index contributed by atoms with van der Waals surface area (Å²) in [5, 5.41) is 18.4. The lowest BCUT2D eigenvalue weighted by Crippen LogP contribution is -2.38. The van der Waals surface area contributed by atoms with E-state index in [2.05, 4.69) is 31.9 Å². The predicted octanol–water partition coefficient (Wildman–Crippen LogP) is 0.805. The molecule has 0 unspecified atom stereocenters. The van der Waals surface area contributed by atoms with Gasteiger partial charge in [0.2, 0.25) is 0 Å². The van der Waals surface area contributed by atoms with E-state index in [4.69, 9.17) is 0 Å². The van der Waals surface area contributed by atoms with Gasteiger partial charge in [0.1, 0.15) is 0 Å². The Morgan fingerprint density at radius 1 is 0.900 bits per heavy atom. The lowest BCUT2D eigenvalue weighted by Gasteiger charge is -2.26. The highest BCUT2D eigenvalue weighted by atomic mass is 79.9. The van der Waals surface area contributed by atoms with Gasteiger partial charge in [-0.25, -0.2) is 0 Å². The van der Waals surface area contributed by atoms with E-state index in [-0.39, 0.29) is 9.65 Å². The molecule has 0 aliphatic heterocycles. The second kappa shape index (κ2) is 3.34. The number of hydrogen-bond donors (Lipinski definition) is 2. The number of aliphatic hydroxyl groups excluding tert-OH is 2. The van der Waals surface area contributed by atoms with Gasteiger partial charge < -0.3 is 10.2 Å². The summed E-state index contributed by atoms with van der Waals surface area (Å²) in [5.74, 6) is 0. The van der Waals surface area contributed by atoms with Crippen molar-refractivity contribution in [2.24, 2.45) is 0 Å². The van der Waals surface area contributed by atoms with Crippen LogP contribution in [0.15, 0.2) is 12.2 Å². The zero-order valence-electron chi connectivity index (χ0n) is 5.11. The van der Waals surface area contributed by atoms with Crippen molar-refractivity contribution < 1.29 is 10.2 Å². The molecule has 2 nitrogen and oxygen atoms in total. The van der Waals surface area contributed by atoms with Crippen LogP contribution in [-0.2, 0) is 0 Å². The van der Waals surface area contributed by atoms with Crippen molar-refractivity contribution in [1.29, 1.82) is 0 Å². The summed E-state index contributed by atoms with van der Waals surface area (Å²) >= 11 is 6.50. The van der Waals surface area contributed by atoms with Gasteiger partial charge in [0.05, 0.1) is 21.9 Å². The van der Waals surface area contributed by atoms with Crippen molar-refractivity contribution in [3.8, 4) is 0 Å². The average Bonchev–Trinajstić information content (AvgIpc) is 1.93. The Hall–Kier alpha value is 0.620. The monoisotopic (exact) mass is 270 g/mol. The van der Waals surface area contributed by atoms with Gasteiger partial charge in [-0.2, -0.15) is 0 Å². The largest absolute Gasteiger partial charge is 0.388 e. The van der Waals surface area contributed by atoms with E-state index < -0.39 is 12.2 Å². The van der Waals surface area contributed by atoms with Gasteiger partial charge in [-0.15, -0.1) is 0 Å². The number of alkyl halides is 2. The van der Waals surface area contributed by atoms with Gasteiger partial charge in [-0.1, -0.05) is 44.0 Å². The highest BCUT2D eigenvalue weighted by molar-refractivity contribution is 9.12. The first-order valence-electron chi connectivity index (χ1n) is 2.95. The smallest absolute Gasteiger partial charge is 0.0858 e. The summed E-state index contributed by atoms with van der Waals surface area (Å²) in [5.41, 5.74) is 0. The normalized spacial score (nSPS) is 47.6. The van der Waals surface area contributed by atoms with Crippen LogP contribution in [-0.4, -0.2) is 32.1 Å². The third-order valence-corrected chi connectivity index (χ3v) is 4.39. The van der Waals surface area contributed by atoms with Crippen molar-refractivity contribution in [1.82, 2.24) is 0 Å². The molecule has 1 aliphatic rings. The van der Waals surface area contributed by atoms with Crippen LogP contribution < -0.4 is 0 Å². The van der Waals surface area contributed by atoms with Gasteiger partial charge in [-0.05, 0) is 0 Å². The topological polar surface area (TPSA) is 40.5 Å². The average molecular weight is 272 g/mol. The fourth-order valence-electron chi connectivity index (χ4n) is 0.817. The molecule has 0 aromatic rings. The summed E-state index contributed by atoms with van der Waals surface area (Å²) in [4.78, 5) is -0.208. The van der Waals surface area contributed by atoms with Crippen LogP contribution in [0.3, 0.4) is 0 Å². The molecule has 10 heavy (non-hydrogen) atoms. The minimum atomic E-state index is -0.507. The zero-order chi connectivity index (χ0) is 7.72. The zero-order valence-corrected chi connectivity index (χ0v) is 8.29. The Morgan fingerprint density at radius 2 is 1.20 bits per heavy atom. The molecule has 0 radical (unpaired) electrons. The van der Waals surface area contributed by atoms with Crippen molar-refractivity contribution in [2.75, 3.05) is 0 Å². The first-order valence-corrected chi connectivity index (χ1v) is 4.78. The molecule has 0 bridgehead atoms. The molecule has 0 amide bonds. The molecule has 0 saturated heterocycles. The number of halogens is 2. The Labute approximate surface area is 76.2 Å². The van der Waals surface area contributed by atoms with Crippen LogP contribution in [0.2, 0.25) is 0 Å². The van der Waals surface area contributed by atoms with Crippen molar-refractivity contribution >= 4 is 31.9 Å². The molecular weight excluding hydrogens is 264 g/mol. The molecule has 1 rings (SSSR count). The Morgan fingerprint density at radius 3 is 1.50 bits per heavy atom. The van der Waals surface area contributed by atoms with Crippen molar-refractivity contribution in [2.45, 2.75) is 21.9 Å². The van der Waals surface area contributed by atoms with E-state index in [9.17, 15) is 10.2 Å². The number of rotatable bonds is 0. The molecule has 2 N–H and O–H groups in total. The summed E-state index contributed by atoms with van der Waals surface area (Å²) in [6, 6.07) is 0. The van der Waals surface area contributed by atoms with Crippen LogP contribution >= 0.6 is 31.9 Å². The molecule has 0 saturated carbocycles. The molecule has 0 spiro atoms. The number of hydrogen-bond acceptors (Lipinski definition) is 2. The maximum atomic E-state index is 9.19. The van der Waals surface area contributed by atoms with Gasteiger partial charge in [0.15, 0.2) is 0 Å². The highest BCUT2D eigenvalue weighted by Gasteiger charge is 2.30. The summed E-state index contributed by atoms with van der Waals surface area (Å²) in [7, 11) is 0. The standard InChI is InChI=1S/C6H8Br2O2/c7-5-3(9)1-2-4(10)6(5)8/h1-6,9-10H/t3-,4-,5-,6-/m1/s1. The second-order valence-corrected chi connectivity index (χ2v) is 4.37. The Balaban J connectivity index is 2.69. The van der Waals surface area contributed by atoms with E-state index >= 15 is 0 Å². The third-order valence-electron chi connectivity index (χ3n) is 1.46. The molecular formula is C6H8Br2O2. The quantitative estimate of drug-likeness (QED) is 0.506. The molecule has 58 valence electrons. The van der Waals surface area contributed by atoms with Crippen LogP contribution in [0.1, 0.15) is 0 Å². The minimum absolute atomic E-state index is 0.104. The molecule has 4 atom stereocenters. The molecule has 0 heterocycles. The Bertz CT molecular complexity index is 133. The number of aliphatic hydroxyl groups is 2. The van der Waals surface area contributed by atoms with Crippen LogP contribution in [0.5, 0.6) is 0 Å². The maximum absolute atomic E-state index is 9.19. The van der Waals surface area contributed by atoms with Crippen LogP contribution in [0, 0.1) is 0 Å². The fraction of sp³-hybridized carbons (Fsp3) is 0.667. The predicted molar refractivity (Wildman–Crippen MR) is 46.6 cm³/mol. The Kier molecular flexibility index (Phi) is 2.91. The van der Waals surface area contributed by atoms with E-state index in [1.54, 1.807) is 12.2 Å². The van der Waals surface area contributed by atoms with Crippen molar-refractivity contribution in [3.63, 3.8) is 0 Å². The van der Waals surface area contributed by atoms with E-state index in [1.807, 2.05) is 0 Å². The molecule has 0 aromatic carbocycles. The highest BCUT2D eigenvalue weighted by Crippen LogP contribution is 2.26.